The van der Waals surface area contributed by atoms with Gasteiger partial charge in [-0.1, -0.05) is 46.5 Å². The number of benzene rings is 1. The fourth-order valence-corrected chi connectivity index (χ4v) is 1.10. The summed E-state index contributed by atoms with van der Waals surface area (Å²) in [6.07, 6.45) is 0. The zero-order chi connectivity index (χ0) is 8.27. The van der Waals surface area contributed by atoms with E-state index in [9.17, 15) is 4.79 Å². The predicted molar refractivity (Wildman–Crippen MR) is 49.6 cm³/mol. The van der Waals surface area contributed by atoms with Gasteiger partial charge in [-0.05, 0) is 5.56 Å². The molecule has 2 heteroatoms. The molecule has 0 fully saturated rings. The summed E-state index contributed by atoms with van der Waals surface area (Å²) >= 11 is 0. The Labute approximate surface area is 69.0 Å². The summed E-state index contributed by atoms with van der Waals surface area (Å²) < 4.78 is 0. The molecule has 0 aliphatic carbocycles. The van der Waals surface area contributed by atoms with Crippen molar-refractivity contribution in [3.63, 3.8) is 0 Å². The Balaban J connectivity index is 2.85. The van der Waals surface area contributed by atoms with Crippen molar-refractivity contribution in [2.24, 2.45) is 0 Å². The van der Waals surface area contributed by atoms with Gasteiger partial charge >= 0.3 is 0 Å². The molecule has 0 heterocycles. The van der Waals surface area contributed by atoms with E-state index in [-0.39, 0.29) is 11.4 Å². The molecule has 0 amide bonds. The molecular formula is C9H11OP. The molecule has 0 spiro atoms. The van der Waals surface area contributed by atoms with Crippen molar-refractivity contribution in [1.82, 2.24) is 0 Å². The summed E-state index contributed by atoms with van der Waals surface area (Å²) in [7, 11) is 2.21. The lowest BCUT2D eigenvalue weighted by molar-refractivity contribution is -0.112. The first kappa shape index (κ1) is 8.42. The lowest BCUT2D eigenvalue weighted by Gasteiger charge is -2.05. The highest BCUT2D eigenvalue weighted by molar-refractivity contribution is 7.40. The van der Waals surface area contributed by atoms with Crippen LogP contribution in [-0.4, -0.2) is 5.52 Å². The maximum absolute atomic E-state index is 10.9. The Bertz CT molecular complexity index is 243. The van der Waals surface area contributed by atoms with Crippen molar-refractivity contribution in [2.75, 3.05) is 0 Å². The first-order valence-corrected chi connectivity index (χ1v) is 4.14. The van der Waals surface area contributed by atoms with Crippen LogP contribution in [0.2, 0.25) is 0 Å². The first-order valence-electron chi connectivity index (χ1n) is 3.56. The summed E-state index contributed by atoms with van der Waals surface area (Å²) in [5.41, 5.74) is 1.21. The molecule has 11 heavy (non-hydrogen) atoms. The van der Waals surface area contributed by atoms with Crippen LogP contribution in [0.1, 0.15) is 18.4 Å². The van der Waals surface area contributed by atoms with Gasteiger partial charge in [0, 0.05) is 5.92 Å². The molecule has 1 aromatic rings. The van der Waals surface area contributed by atoms with Crippen LogP contribution in [0.15, 0.2) is 30.3 Å². The lowest BCUT2D eigenvalue weighted by atomic mass is 10.0. The highest BCUT2D eigenvalue weighted by Gasteiger charge is 2.08. The number of hydrogen-bond donors (Lipinski definition) is 0. The molecule has 1 aromatic carbocycles. The van der Waals surface area contributed by atoms with Crippen molar-refractivity contribution in [3.05, 3.63) is 35.9 Å². The fraction of sp³-hybridized carbons (Fsp3) is 0.222. The van der Waals surface area contributed by atoms with E-state index in [0.717, 1.165) is 5.56 Å². The summed E-state index contributed by atoms with van der Waals surface area (Å²) in [5.74, 6) is 0.00111. The topological polar surface area (TPSA) is 17.1 Å². The average molecular weight is 166 g/mol. The average Bonchev–Trinajstić information content (AvgIpc) is 2.05. The summed E-state index contributed by atoms with van der Waals surface area (Å²) in [6, 6.07) is 9.77. The van der Waals surface area contributed by atoms with Gasteiger partial charge in [-0.3, -0.25) is 4.79 Å². The van der Waals surface area contributed by atoms with Crippen molar-refractivity contribution in [2.45, 2.75) is 12.8 Å². The molecule has 0 saturated heterocycles. The fourth-order valence-electron chi connectivity index (χ4n) is 0.906. The van der Waals surface area contributed by atoms with E-state index in [1.165, 1.54) is 0 Å². The van der Waals surface area contributed by atoms with E-state index >= 15 is 0 Å². The van der Waals surface area contributed by atoms with Crippen LogP contribution in [-0.2, 0) is 4.79 Å². The zero-order valence-electron chi connectivity index (χ0n) is 6.45. The van der Waals surface area contributed by atoms with Crippen molar-refractivity contribution in [1.29, 1.82) is 0 Å². The van der Waals surface area contributed by atoms with Crippen molar-refractivity contribution in [3.8, 4) is 0 Å². The largest absolute Gasteiger partial charge is 0.295 e. The second-order valence-corrected chi connectivity index (χ2v) is 3.10. The van der Waals surface area contributed by atoms with Crippen LogP contribution in [0.4, 0.5) is 0 Å². The SMILES string of the molecule is CC(C(=O)P)c1ccccc1. The highest BCUT2D eigenvalue weighted by atomic mass is 31.0. The van der Waals surface area contributed by atoms with Gasteiger partial charge in [0.2, 0.25) is 0 Å². The van der Waals surface area contributed by atoms with Gasteiger partial charge in [-0.2, -0.15) is 0 Å². The van der Waals surface area contributed by atoms with Crippen molar-refractivity contribution < 1.29 is 4.79 Å². The standard InChI is InChI=1S/C9H11OP/c1-7(9(10)11)8-5-3-2-4-6-8/h2-7H,11H2,1H3. The Morgan fingerprint density at radius 1 is 1.36 bits per heavy atom. The summed E-state index contributed by atoms with van der Waals surface area (Å²) in [4.78, 5) is 10.9. The monoisotopic (exact) mass is 166 g/mol. The summed E-state index contributed by atoms with van der Waals surface area (Å²) in [5, 5.41) is 0. The third-order valence-electron chi connectivity index (χ3n) is 1.73. The van der Waals surface area contributed by atoms with Gasteiger partial charge in [-0.15, -0.1) is 0 Å². The van der Waals surface area contributed by atoms with E-state index in [0.29, 0.717) is 0 Å². The van der Waals surface area contributed by atoms with Gasteiger partial charge in [0.05, 0.1) is 0 Å². The Morgan fingerprint density at radius 3 is 2.36 bits per heavy atom. The second kappa shape index (κ2) is 3.64. The molecule has 0 aliphatic rings. The van der Waals surface area contributed by atoms with Gasteiger partial charge in [0.25, 0.3) is 0 Å². The minimum absolute atomic E-state index is 0.00111. The first-order chi connectivity index (χ1) is 5.22. The van der Waals surface area contributed by atoms with Gasteiger partial charge in [0.1, 0.15) is 0 Å². The van der Waals surface area contributed by atoms with Crippen LogP contribution in [0, 0.1) is 0 Å². The van der Waals surface area contributed by atoms with Crippen LogP contribution in [0.3, 0.4) is 0 Å². The number of carbonyl (C=O) groups excluding carboxylic acids is 1. The Hall–Kier alpha value is -0.680. The quantitative estimate of drug-likeness (QED) is 0.615. The summed E-state index contributed by atoms with van der Waals surface area (Å²) in [6.45, 7) is 1.91. The minimum atomic E-state index is 0.00111. The molecule has 2 atom stereocenters. The Morgan fingerprint density at radius 2 is 1.91 bits per heavy atom. The molecule has 1 nitrogen and oxygen atoms in total. The second-order valence-electron chi connectivity index (χ2n) is 2.53. The lowest BCUT2D eigenvalue weighted by Crippen LogP contribution is -2.00. The van der Waals surface area contributed by atoms with E-state index in [1.54, 1.807) is 0 Å². The van der Waals surface area contributed by atoms with E-state index in [4.69, 9.17) is 0 Å². The van der Waals surface area contributed by atoms with Gasteiger partial charge < -0.3 is 0 Å². The molecule has 58 valence electrons. The van der Waals surface area contributed by atoms with Crippen LogP contribution in [0.5, 0.6) is 0 Å². The highest BCUT2D eigenvalue weighted by Crippen LogP contribution is 2.17. The molecule has 0 radical (unpaired) electrons. The molecule has 1 rings (SSSR count). The van der Waals surface area contributed by atoms with Gasteiger partial charge in [-0.25, -0.2) is 0 Å². The molecule has 0 aromatic heterocycles. The van der Waals surface area contributed by atoms with Crippen LogP contribution >= 0.6 is 9.24 Å². The van der Waals surface area contributed by atoms with Crippen LogP contribution in [0.25, 0.3) is 0 Å². The third kappa shape index (κ3) is 2.13. The number of rotatable bonds is 2. The van der Waals surface area contributed by atoms with E-state index < -0.39 is 0 Å². The molecule has 0 N–H and O–H groups in total. The molecule has 2 unspecified atom stereocenters. The molecule has 0 aliphatic heterocycles. The zero-order valence-corrected chi connectivity index (χ0v) is 7.60. The maximum atomic E-state index is 10.9. The van der Waals surface area contributed by atoms with E-state index in [1.807, 2.05) is 37.3 Å². The van der Waals surface area contributed by atoms with Crippen molar-refractivity contribution >= 4 is 14.8 Å². The van der Waals surface area contributed by atoms with E-state index in [2.05, 4.69) is 9.24 Å². The molecule has 0 bridgehead atoms. The third-order valence-corrected chi connectivity index (χ3v) is 2.23. The smallest absolute Gasteiger partial charge is 0.155 e. The molecule has 0 saturated carbocycles. The minimum Gasteiger partial charge on any atom is -0.295 e. The predicted octanol–water partition coefficient (Wildman–Crippen LogP) is 2.19. The Kier molecular flexibility index (Phi) is 2.78. The number of carbonyl (C=O) groups is 1. The van der Waals surface area contributed by atoms with Gasteiger partial charge in [0.15, 0.2) is 5.52 Å². The normalized spacial score (nSPS) is 12.5. The number of hydrogen-bond acceptors (Lipinski definition) is 1. The molecular weight excluding hydrogens is 155 g/mol. The maximum Gasteiger partial charge on any atom is 0.155 e. The van der Waals surface area contributed by atoms with Crippen LogP contribution < -0.4 is 0 Å².